The molecule has 0 spiro atoms. The molecular formula is C16H16BrNO. The first-order valence-corrected chi connectivity index (χ1v) is 7.23. The lowest BCUT2D eigenvalue weighted by molar-refractivity contribution is 0.199. The van der Waals surface area contributed by atoms with Crippen LogP contribution in [0, 0.1) is 0 Å². The van der Waals surface area contributed by atoms with E-state index in [-0.39, 0.29) is 0 Å². The van der Waals surface area contributed by atoms with Crippen molar-refractivity contribution in [1.29, 1.82) is 0 Å². The van der Waals surface area contributed by atoms with Gasteiger partial charge < -0.3 is 10.0 Å². The molecule has 1 atom stereocenters. The first-order chi connectivity index (χ1) is 9.15. The summed E-state index contributed by atoms with van der Waals surface area (Å²) < 4.78 is 1.00. The van der Waals surface area contributed by atoms with Gasteiger partial charge in [-0.15, -0.1) is 0 Å². The van der Waals surface area contributed by atoms with E-state index < -0.39 is 6.10 Å². The van der Waals surface area contributed by atoms with Gasteiger partial charge in [-0.2, -0.15) is 0 Å². The van der Waals surface area contributed by atoms with E-state index >= 15 is 0 Å². The molecule has 0 bridgehead atoms. The third-order valence-electron chi connectivity index (χ3n) is 3.62. The van der Waals surface area contributed by atoms with Crippen molar-refractivity contribution < 1.29 is 5.11 Å². The van der Waals surface area contributed by atoms with Gasteiger partial charge >= 0.3 is 0 Å². The first-order valence-electron chi connectivity index (χ1n) is 6.44. The highest BCUT2D eigenvalue weighted by molar-refractivity contribution is 9.10. The Balaban J connectivity index is 1.97. The Morgan fingerprint density at radius 3 is 2.32 bits per heavy atom. The third kappa shape index (κ3) is 2.40. The topological polar surface area (TPSA) is 23.5 Å². The van der Waals surface area contributed by atoms with Gasteiger partial charge in [0.05, 0.1) is 6.10 Å². The average molecular weight is 318 g/mol. The molecule has 19 heavy (non-hydrogen) atoms. The molecule has 2 aromatic rings. The van der Waals surface area contributed by atoms with Crippen LogP contribution >= 0.6 is 15.9 Å². The van der Waals surface area contributed by atoms with Crippen molar-refractivity contribution >= 4 is 21.6 Å². The number of benzene rings is 2. The number of aliphatic hydroxyl groups is 1. The molecular weight excluding hydrogens is 302 g/mol. The number of aliphatic hydroxyl groups excluding tert-OH is 1. The number of anilines is 1. The predicted molar refractivity (Wildman–Crippen MR) is 81.1 cm³/mol. The number of hydrogen-bond acceptors (Lipinski definition) is 2. The maximum Gasteiger partial charge on any atom is 0.0782 e. The lowest BCUT2D eigenvalue weighted by atomic mass is 10.1. The van der Waals surface area contributed by atoms with Crippen molar-refractivity contribution in [3.05, 3.63) is 63.6 Å². The smallest absolute Gasteiger partial charge is 0.0782 e. The van der Waals surface area contributed by atoms with E-state index in [4.69, 9.17) is 0 Å². The Bertz CT molecular complexity index is 584. The van der Waals surface area contributed by atoms with E-state index in [0.717, 1.165) is 28.8 Å². The number of rotatable bonds is 2. The van der Waals surface area contributed by atoms with Crippen LogP contribution in [0.25, 0.3) is 0 Å². The fourth-order valence-corrected chi connectivity index (χ4v) is 3.03. The zero-order valence-corrected chi connectivity index (χ0v) is 12.4. The summed E-state index contributed by atoms with van der Waals surface area (Å²) >= 11 is 3.47. The molecule has 2 nitrogen and oxygen atoms in total. The third-order valence-corrected chi connectivity index (χ3v) is 4.11. The van der Waals surface area contributed by atoms with Gasteiger partial charge in [0.15, 0.2) is 0 Å². The highest BCUT2D eigenvalue weighted by Gasteiger charge is 2.21. The lowest BCUT2D eigenvalue weighted by Crippen LogP contribution is -2.17. The van der Waals surface area contributed by atoms with Crippen LogP contribution in [0.1, 0.15) is 29.7 Å². The standard InChI is InChI=1S/C16H16BrNO/c1-11(19)15-8-14(17)6-7-16(15)18-9-12-4-2-3-5-13(12)10-18/h2-8,11,19H,9-10H2,1H3. The highest BCUT2D eigenvalue weighted by atomic mass is 79.9. The van der Waals surface area contributed by atoms with Gasteiger partial charge in [-0.3, -0.25) is 0 Å². The van der Waals surface area contributed by atoms with Gasteiger partial charge in [0.2, 0.25) is 0 Å². The fourth-order valence-electron chi connectivity index (χ4n) is 2.65. The minimum absolute atomic E-state index is 0.462. The molecule has 0 saturated heterocycles. The van der Waals surface area contributed by atoms with Crippen molar-refractivity contribution in [2.45, 2.75) is 26.1 Å². The summed E-state index contributed by atoms with van der Waals surface area (Å²) in [4.78, 5) is 2.32. The number of fused-ring (bicyclic) bond motifs is 1. The van der Waals surface area contributed by atoms with Crippen molar-refractivity contribution in [3.8, 4) is 0 Å². The van der Waals surface area contributed by atoms with E-state index in [1.807, 2.05) is 19.1 Å². The van der Waals surface area contributed by atoms with Crippen LogP contribution in [0.15, 0.2) is 46.9 Å². The van der Waals surface area contributed by atoms with Crippen LogP contribution < -0.4 is 4.90 Å². The minimum atomic E-state index is -0.462. The Hall–Kier alpha value is -1.32. The molecule has 1 aliphatic heterocycles. The van der Waals surface area contributed by atoms with Crippen LogP contribution in [0.4, 0.5) is 5.69 Å². The molecule has 0 fully saturated rings. The fraction of sp³-hybridized carbons (Fsp3) is 0.250. The quantitative estimate of drug-likeness (QED) is 0.904. The van der Waals surface area contributed by atoms with E-state index in [2.05, 4.69) is 51.2 Å². The van der Waals surface area contributed by atoms with Gasteiger partial charge in [0, 0.05) is 28.8 Å². The van der Waals surface area contributed by atoms with Gasteiger partial charge in [-0.25, -0.2) is 0 Å². The van der Waals surface area contributed by atoms with Crippen LogP contribution in [-0.4, -0.2) is 5.11 Å². The molecule has 2 aromatic carbocycles. The van der Waals surface area contributed by atoms with Gasteiger partial charge in [-0.05, 0) is 36.2 Å². The second kappa shape index (κ2) is 4.99. The number of hydrogen-bond donors (Lipinski definition) is 1. The minimum Gasteiger partial charge on any atom is -0.389 e. The first kappa shape index (κ1) is 12.7. The molecule has 1 aliphatic rings. The molecule has 3 heteroatoms. The van der Waals surface area contributed by atoms with Crippen molar-refractivity contribution in [2.24, 2.45) is 0 Å². The molecule has 3 rings (SSSR count). The average Bonchev–Trinajstić information content (AvgIpc) is 2.82. The van der Waals surface area contributed by atoms with E-state index in [0.29, 0.717) is 0 Å². The van der Waals surface area contributed by atoms with Crippen LogP contribution in [0.2, 0.25) is 0 Å². The summed E-state index contributed by atoms with van der Waals surface area (Å²) in [5.74, 6) is 0. The summed E-state index contributed by atoms with van der Waals surface area (Å²) in [6.45, 7) is 3.64. The largest absolute Gasteiger partial charge is 0.389 e. The summed E-state index contributed by atoms with van der Waals surface area (Å²) in [6, 6.07) is 14.6. The van der Waals surface area contributed by atoms with Crippen molar-refractivity contribution in [3.63, 3.8) is 0 Å². The molecule has 1 unspecified atom stereocenters. The molecule has 0 aliphatic carbocycles. The zero-order chi connectivity index (χ0) is 13.4. The molecule has 0 amide bonds. The molecule has 98 valence electrons. The van der Waals surface area contributed by atoms with Gasteiger partial charge in [0.1, 0.15) is 0 Å². The Kier molecular flexibility index (Phi) is 3.33. The molecule has 1 N–H and O–H groups in total. The SMILES string of the molecule is CC(O)c1cc(Br)ccc1N1Cc2ccccc2C1. The maximum absolute atomic E-state index is 9.96. The van der Waals surface area contributed by atoms with Gasteiger partial charge in [0.25, 0.3) is 0 Å². The molecule has 0 saturated carbocycles. The monoisotopic (exact) mass is 317 g/mol. The Morgan fingerprint density at radius 2 is 1.74 bits per heavy atom. The molecule has 1 heterocycles. The Morgan fingerprint density at radius 1 is 1.11 bits per heavy atom. The number of halogens is 1. The summed E-state index contributed by atoms with van der Waals surface area (Å²) in [6.07, 6.45) is -0.462. The van der Waals surface area contributed by atoms with Gasteiger partial charge in [-0.1, -0.05) is 40.2 Å². The van der Waals surface area contributed by atoms with E-state index in [1.165, 1.54) is 11.1 Å². The van der Waals surface area contributed by atoms with Crippen LogP contribution in [0.3, 0.4) is 0 Å². The second-order valence-electron chi connectivity index (χ2n) is 5.00. The van der Waals surface area contributed by atoms with Crippen LogP contribution in [0.5, 0.6) is 0 Å². The zero-order valence-electron chi connectivity index (χ0n) is 10.8. The summed E-state index contributed by atoms with van der Waals surface area (Å²) in [7, 11) is 0. The molecule has 0 aromatic heterocycles. The maximum atomic E-state index is 9.96. The molecule has 0 radical (unpaired) electrons. The second-order valence-corrected chi connectivity index (χ2v) is 5.92. The highest BCUT2D eigenvalue weighted by Crippen LogP contribution is 2.34. The van der Waals surface area contributed by atoms with E-state index in [9.17, 15) is 5.11 Å². The van der Waals surface area contributed by atoms with Crippen molar-refractivity contribution in [2.75, 3.05) is 4.90 Å². The lowest BCUT2D eigenvalue weighted by Gasteiger charge is -2.23. The van der Waals surface area contributed by atoms with Crippen LogP contribution in [-0.2, 0) is 13.1 Å². The Labute approximate surface area is 121 Å². The summed E-state index contributed by atoms with van der Waals surface area (Å²) in [5, 5.41) is 9.96. The number of nitrogens with zero attached hydrogens (tertiary/aromatic N) is 1. The van der Waals surface area contributed by atoms with E-state index in [1.54, 1.807) is 0 Å². The summed E-state index contributed by atoms with van der Waals surface area (Å²) in [5.41, 5.74) is 4.85. The van der Waals surface area contributed by atoms with Crippen molar-refractivity contribution in [1.82, 2.24) is 0 Å². The normalized spacial score (nSPS) is 15.4. The predicted octanol–water partition coefficient (Wildman–Crippen LogP) is 4.02.